The van der Waals surface area contributed by atoms with Crippen LogP contribution >= 0.6 is 0 Å². The normalized spacial score (nSPS) is 14.6. The number of benzene rings is 1. The molecule has 0 aliphatic rings. The number of aryl methyl sites for hydroxylation is 1. The van der Waals surface area contributed by atoms with Crippen LogP contribution in [-0.4, -0.2) is 37.5 Å². The van der Waals surface area contributed by atoms with Crippen LogP contribution in [0.4, 0.5) is 0 Å². The van der Waals surface area contributed by atoms with E-state index in [1.807, 2.05) is 13.0 Å². The Bertz CT molecular complexity index is 337. The Balaban J connectivity index is 2.42. The van der Waals surface area contributed by atoms with Crippen LogP contribution in [0.1, 0.15) is 18.1 Å². The van der Waals surface area contributed by atoms with Gasteiger partial charge in [0.2, 0.25) is 0 Å². The van der Waals surface area contributed by atoms with Crippen molar-refractivity contribution in [3.05, 3.63) is 35.4 Å². The van der Waals surface area contributed by atoms with Crippen molar-refractivity contribution in [3.8, 4) is 0 Å². The highest BCUT2D eigenvalue weighted by Gasteiger charge is 2.20. The van der Waals surface area contributed by atoms with Crippen molar-refractivity contribution in [2.75, 3.05) is 26.8 Å². The molecule has 1 atom stereocenters. The molecule has 96 valence electrons. The third kappa shape index (κ3) is 5.82. The molecule has 0 spiro atoms. The lowest BCUT2D eigenvalue weighted by atomic mass is 9.95. The number of ether oxygens (including phenoxy) is 1. The maximum Gasteiger partial charge on any atom is 0.0783 e. The SMILES string of the molecule is COCCNCC(C)(O)Cc1cccc(C)c1. The standard InChI is InChI=1S/C14H23NO2/c1-12-5-4-6-13(9-12)10-14(2,16)11-15-7-8-17-3/h4-6,9,15-16H,7-8,10-11H2,1-3H3. The van der Waals surface area contributed by atoms with Crippen LogP contribution < -0.4 is 5.32 Å². The van der Waals surface area contributed by atoms with Crippen LogP contribution in [0.15, 0.2) is 24.3 Å². The molecule has 17 heavy (non-hydrogen) atoms. The molecule has 0 saturated heterocycles. The largest absolute Gasteiger partial charge is 0.389 e. The highest BCUT2D eigenvalue weighted by molar-refractivity contribution is 5.23. The van der Waals surface area contributed by atoms with Gasteiger partial charge >= 0.3 is 0 Å². The summed E-state index contributed by atoms with van der Waals surface area (Å²) >= 11 is 0. The lowest BCUT2D eigenvalue weighted by molar-refractivity contribution is 0.0581. The zero-order valence-electron chi connectivity index (χ0n) is 11.0. The maximum absolute atomic E-state index is 10.3. The summed E-state index contributed by atoms with van der Waals surface area (Å²) in [5.41, 5.74) is 1.68. The lowest BCUT2D eigenvalue weighted by Gasteiger charge is -2.24. The van der Waals surface area contributed by atoms with Crippen LogP contribution in [0.5, 0.6) is 0 Å². The Kier molecular flexibility index (Phi) is 5.62. The highest BCUT2D eigenvalue weighted by Crippen LogP contribution is 2.13. The van der Waals surface area contributed by atoms with Gasteiger partial charge in [-0.15, -0.1) is 0 Å². The van der Waals surface area contributed by atoms with Crippen molar-refractivity contribution in [2.45, 2.75) is 25.9 Å². The number of methoxy groups -OCH3 is 1. The molecule has 0 heterocycles. The minimum absolute atomic E-state index is 0.574. The highest BCUT2D eigenvalue weighted by atomic mass is 16.5. The Hall–Kier alpha value is -0.900. The number of nitrogens with one attached hydrogen (secondary N) is 1. The molecule has 0 saturated carbocycles. The molecule has 1 rings (SSSR count). The van der Waals surface area contributed by atoms with Gasteiger partial charge in [0.15, 0.2) is 0 Å². The summed E-state index contributed by atoms with van der Waals surface area (Å²) in [6.45, 7) is 5.93. The van der Waals surface area contributed by atoms with Crippen LogP contribution in [0.2, 0.25) is 0 Å². The van der Waals surface area contributed by atoms with Crippen molar-refractivity contribution in [3.63, 3.8) is 0 Å². The van der Waals surface area contributed by atoms with E-state index < -0.39 is 5.60 Å². The molecule has 0 aliphatic heterocycles. The van der Waals surface area contributed by atoms with E-state index in [1.165, 1.54) is 11.1 Å². The van der Waals surface area contributed by atoms with Crippen LogP contribution in [0.25, 0.3) is 0 Å². The average Bonchev–Trinajstić information content (AvgIpc) is 2.24. The zero-order chi connectivity index (χ0) is 12.7. The van der Waals surface area contributed by atoms with Gasteiger partial charge in [-0.2, -0.15) is 0 Å². The van der Waals surface area contributed by atoms with Crippen LogP contribution in [0.3, 0.4) is 0 Å². The molecular weight excluding hydrogens is 214 g/mol. The molecule has 3 nitrogen and oxygen atoms in total. The molecule has 0 radical (unpaired) electrons. The van der Waals surface area contributed by atoms with Gasteiger partial charge in [0.05, 0.1) is 12.2 Å². The topological polar surface area (TPSA) is 41.5 Å². The third-order valence-electron chi connectivity index (χ3n) is 2.66. The van der Waals surface area contributed by atoms with Gasteiger partial charge in [0.1, 0.15) is 0 Å². The Morgan fingerprint density at radius 2 is 2.18 bits per heavy atom. The molecule has 0 aromatic heterocycles. The maximum atomic E-state index is 10.3. The molecule has 0 aliphatic carbocycles. The number of aliphatic hydroxyl groups is 1. The van der Waals surface area contributed by atoms with Crippen LogP contribution in [0, 0.1) is 6.92 Å². The summed E-state index contributed by atoms with van der Waals surface area (Å²) < 4.78 is 4.95. The first kappa shape index (κ1) is 14.2. The van der Waals surface area contributed by atoms with Crippen molar-refractivity contribution in [1.29, 1.82) is 0 Å². The summed E-state index contributed by atoms with van der Waals surface area (Å²) in [5.74, 6) is 0. The summed E-state index contributed by atoms with van der Waals surface area (Å²) in [6.07, 6.45) is 0.661. The molecule has 3 heteroatoms. The number of hydrogen-bond acceptors (Lipinski definition) is 3. The van der Waals surface area contributed by atoms with Crippen molar-refractivity contribution < 1.29 is 9.84 Å². The van der Waals surface area contributed by atoms with E-state index in [2.05, 4.69) is 30.4 Å². The molecule has 2 N–H and O–H groups in total. The second kappa shape index (κ2) is 6.74. The number of rotatable bonds is 7. The minimum atomic E-state index is -0.721. The Labute approximate surface area is 104 Å². The fourth-order valence-electron chi connectivity index (χ4n) is 1.86. The fourth-order valence-corrected chi connectivity index (χ4v) is 1.86. The second-order valence-electron chi connectivity index (χ2n) is 4.83. The van der Waals surface area contributed by atoms with E-state index >= 15 is 0 Å². The van der Waals surface area contributed by atoms with E-state index in [9.17, 15) is 5.11 Å². The average molecular weight is 237 g/mol. The van der Waals surface area contributed by atoms with Gasteiger partial charge in [0, 0.05) is 26.6 Å². The van der Waals surface area contributed by atoms with Gasteiger partial charge in [-0.25, -0.2) is 0 Å². The summed E-state index contributed by atoms with van der Waals surface area (Å²) in [7, 11) is 1.67. The first-order valence-electron chi connectivity index (χ1n) is 6.01. The fraction of sp³-hybridized carbons (Fsp3) is 0.571. The zero-order valence-corrected chi connectivity index (χ0v) is 11.0. The van der Waals surface area contributed by atoms with E-state index in [0.29, 0.717) is 19.6 Å². The van der Waals surface area contributed by atoms with E-state index in [1.54, 1.807) is 7.11 Å². The Morgan fingerprint density at radius 1 is 1.41 bits per heavy atom. The molecule has 1 unspecified atom stereocenters. The molecule has 1 aromatic carbocycles. The van der Waals surface area contributed by atoms with Crippen molar-refractivity contribution >= 4 is 0 Å². The quantitative estimate of drug-likeness (QED) is 0.707. The molecule has 0 fully saturated rings. The summed E-state index contributed by atoms with van der Waals surface area (Å²) in [6, 6.07) is 8.26. The summed E-state index contributed by atoms with van der Waals surface area (Å²) in [5, 5.41) is 13.4. The predicted octanol–water partition coefficient (Wildman–Crippen LogP) is 1.52. The molecule has 1 aromatic rings. The minimum Gasteiger partial charge on any atom is -0.389 e. The van der Waals surface area contributed by atoms with Gasteiger partial charge in [-0.1, -0.05) is 29.8 Å². The molecular formula is C14H23NO2. The van der Waals surface area contributed by atoms with Gasteiger partial charge in [0.25, 0.3) is 0 Å². The number of hydrogen-bond donors (Lipinski definition) is 2. The second-order valence-corrected chi connectivity index (χ2v) is 4.83. The van der Waals surface area contributed by atoms with E-state index in [0.717, 1.165) is 6.54 Å². The van der Waals surface area contributed by atoms with E-state index in [4.69, 9.17) is 4.74 Å². The Morgan fingerprint density at radius 3 is 2.82 bits per heavy atom. The van der Waals surface area contributed by atoms with Crippen LogP contribution in [-0.2, 0) is 11.2 Å². The van der Waals surface area contributed by atoms with Crippen molar-refractivity contribution in [2.24, 2.45) is 0 Å². The molecule has 0 bridgehead atoms. The smallest absolute Gasteiger partial charge is 0.0783 e. The first-order chi connectivity index (χ1) is 8.03. The third-order valence-corrected chi connectivity index (χ3v) is 2.66. The lowest BCUT2D eigenvalue weighted by Crippen LogP contribution is -2.40. The van der Waals surface area contributed by atoms with E-state index in [-0.39, 0.29) is 0 Å². The monoisotopic (exact) mass is 237 g/mol. The molecule has 0 amide bonds. The van der Waals surface area contributed by atoms with Gasteiger partial charge in [-0.3, -0.25) is 0 Å². The van der Waals surface area contributed by atoms with Gasteiger partial charge in [-0.05, 0) is 19.4 Å². The first-order valence-corrected chi connectivity index (χ1v) is 6.01. The summed E-state index contributed by atoms with van der Waals surface area (Å²) in [4.78, 5) is 0. The van der Waals surface area contributed by atoms with Crippen molar-refractivity contribution in [1.82, 2.24) is 5.32 Å². The van der Waals surface area contributed by atoms with Gasteiger partial charge < -0.3 is 15.2 Å². The predicted molar refractivity (Wildman–Crippen MR) is 70.3 cm³/mol.